The number of nitrogens with one attached hydrogen (secondary N) is 1. The molecular weight excluding hydrogens is 200 g/mol. The Morgan fingerprint density at radius 3 is 3.00 bits per heavy atom. The Hall–Kier alpha value is -1.61. The summed E-state index contributed by atoms with van der Waals surface area (Å²) >= 11 is 0. The second-order valence-electron chi connectivity index (χ2n) is 3.50. The van der Waals surface area contributed by atoms with Crippen LogP contribution in [-0.4, -0.2) is 24.7 Å². The van der Waals surface area contributed by atoms with Gasteiger partial charge in [0.1, 0.15) is 0 Å². The SMILES string of the molecule is CCOCCNc1ccnc2ccccc12. The molecule has 0 unspecified atom stereocenters. The van der Waals surface area contributed by atoms with Gasteiger partial charge in [0.05, 0.1) is 12.1 Å². The first kappa shape index (κ1) is 10.9. The van der Waals surface area contributed by atoms with Gasteiger partial charge in [-0.3, -0.25) is 4.98 Å². The lowest BCUT2D eigenvalue weighted by molar-refractivity contribution is 0.158. The smallest absolute Gasteiger partial charge is 0.0722 e. The summed E-state index contributed by atoms with van der Waals surface area (Å²) in [5.74, 6) is 0. The number of rotatable bonds is 5. The van der Waals surface area contributed by atoms with E-state index in [9.17, 15) is 0 Å². The van der Waals surface area contributed by atoms with Gasteiger partial charge < -0.3 is 10.1 Å². The van der Waals surface area contributed by atoms with Crippen molar-refractivity contribution in [3.8, 4) is 0 Å². The van der Waals surface area contributed by atoms with E-state index in [1.807, 2.05) is 37.4 Å². The highest BCUT2D eigenvalue weighted by Gasteiger charge is 1.99. The van der Waals surface area contributed by atoms with Gasteiger partial charge in [-0.1, -0.05) is 18.2 Å². The Kier molecular flexibility index (Phi) is 3.72. The van der Waals surface area contributed by atoms with E-state index >= 15 is 0 Å². The summed E-state index contributed by atoms with van der Waals surface area (Å²) < 4.78 is 5.29. The van der Waals surface area contributed by atoms with Crippen LogP contribution in [0.3, 0.4) is 0 Å². The Morgan fingerprint density at radius 1 is 1.25 bits per heavy atom. The van der Waals surface area contributed by atoms with E-state index in [1.54, 1.807) is 0 Å². The van der Waals surface area contributed by atoms with Crippen molar-refractivity contribution in [2.45, 2.75) is 6.92 Å². The summed E-state index contributed by atoms with van der Waals surface area (Å²) in [6.45, 7) is 4.32. The summed E-state index contributed by atoms with van der Waals surface area (Å²) in [5, 5.41) is 4.51. The summed E-state index contributed by atoms with van der Waals surface area (Å²) in [7, 11) is 0. The zero-order chi connectivity index (χ0) is 11.2. The van der Waals surface area contributed by atoms with E-state index in [-0.39, 0.29) is 0 Å². The first-order valence-electron chi connectivity index (χ1n) is 5.57. The molecule has 0 radical (unpaired) electrons. The molecule has 0 spiro atoms. The maximum absolute atomic E-state index is 5.29. The molecule has 0 saturated carbocycles. The van der Waals surface area contributed by atoms with Crippen LogP contribution in [0.4, 0.5) is 5.69 Å². The normalized spacial score (nSPS) is 10.6. The highest BCUT2D eigenvalue weighted by molar-refractivity contribution is 5.90. The van der Waals surface area contributed by atoms with Gasteiger partial charge in [-0.05, 0) is 19.1 Å². The van der Waals surface area contributed by atoms with Crippen molar-refractivity contribution in [3.63, 3.8) is 0 Å². The minimum absolute atomic E-state index is 0.729. The van der Waals surface area contributed by atoms with Crippen LogP contribution in [0, 0.1) is 0 Å². The second-order valence-corrected chi connectivity index (χ2v) is 3.50. The Morgan fingerprint density at radius 2 is 2.12 bits per heavy atom. The molecule has 0 bridgehead atoms. The van der Waals surface area contributed by atoms with Gasteiger partial charge in [0.2, 0.25) is 0 Å². The van der Waals surface area contributed by atoms with E-state index < -0.39 is 0 Å². The number of anilines is 1. The van der Waals surface area contributed by atoms with Crippen LogP contribution in [0.2, 0.25) is 0 Å². The van der Waals surface area contributed by atoms with Gasteiger partial charge >= 0.3 is 0 Å². The molecule has 84 valence electrons. The average molecular weight is 216 g/mol. The van der Waals surface area contributed by atoms with E-state index in [4.69, 9.17) is 4.74 Å². The number of hydrogen-bond acceptors (Lipinski definition) is 3. The number of benzene rings is 1. The molecule has 0 atom stereocenters. The topological polar surface area (TPSA) is 34.1 Å². The molecule has 3 heteroatoms. The molecule has 0 aliphatic rings. The van der Waals surface area contributed by atoms with Crippen molar-refractivity contribution in [3.05, 3.63) is 36.5 Å². The molecule has 1 aromatic heterocycles. The lowest BCUT2D eigenvalue weighted by Gasteiger charge is -2.08. The molecular formula is C13H16N2O. The maximum atomic E-state index is 5.29. The van der Waals surface area contributed by atoms with Gasteiger partial charge in [-0.2, -0.15) is 0 Å². The van der Waals surface area contributed by atoms with E-state index in [0.717, 1.165) is 36.3 Å². The second kappa shape index (κ2) is 5.47. The Balaban J connectivity index is 2.11. The van der Waals surface area contributed by atoms with Crippen LogP contribution in [0.25, 0.3) is 10.9 Å². The quantitative estimate of drug-likeness (QED) is 0.780. The van der Waals surface area contributed by atoms with Crippen LogP contribution in [0.1, 0.15) is 6.92 Å². The molecule has 3 nitrogen and oxygen atoms in total. The molecule has 0 aliphatic heterocycles. The van der Waals surface area contributed by atoms with Gasteiger partial charge in [0, 0.05) is 30.4 Å². The number of pyridine rings is 1. The summed E-state index contributed by atoms with van der Waals surface area (Å²) in [5.41, 5.74) is 2.13. The van der Waals surface area contributed by atoms with Crippen LogP contribution in [0.15, 0.2) is 36.5 Å². The molecule has 1 N–H and O–H groups in total. The standard InChI is InChI=1S/C13H16N2O/c1-2-16-10-9-15-13-7-8-14-12-6-4-3-5-11(12)13/h3-8H,2,9-10H2,1H3,(H,14,15). The maximum Gasteiger partial charge on any atom is 0.0722 e. The van der Waals surface area contributed by atoms with Crippen LogP contribution < -0.4 is 5.32 Å². The zero-order valence-corrected chi connectivity index (χ0v) is 9.44. The zero-order valence-electron chi connectivity index (χ0n) is 9.44. The summed E-state index contributed by atoms with van der Waals surface area (Å²) in [6.07, 6.45) is 1.82. The molecule has 1 aromatic carbocycles. The fourth-order valence-corrected chi connectivity index (χ4v) is 1.65. The number of aromatic nitrogens is 1. The number of fused-ring (bicyclic) bond motifs is 1. The van der Waals surface area contributed by atoms with Crippen LogP contribution in [0.5, 0.6) is 0 Å². The van der Waals surface area contributed by atoms with Gasteiger partial charge in [0.15, 0.2) is 0 Å². The fourth-order valence-electron chi connectivity index (χ4n) is 1.65. The average Bonchev–Trinajstić information content (AvgIpc) is 2.35. The van der Waals surface area contributed by atoms with E-state index in [0.29, 0.717) is 0 Å². The monoisotopic (exact) mass is 216 g/mol. The van der Waals surface area contributed by atoms with E-state index in [1.165, 1.54) is 0 Å². The third-order valence-corrected chi connectivity index (χ3v) is 2.42. The minimum atomic E-state index is 0.729. The highest BCUT2D eigenvalue weighted by Crippen LogP contribution is 2.20. The molecule has 0 fully saturated rings. The third kappa shape index (κ3) is 2.49. The fraction of sp³-hybridized carbons (Fsp3) is 0.308. The molecule has 2 rings (SSSR count). The summed E-state index contributed by atoms with van der Waals surface area (Å²) in [6, 6.07) is 10.1. The molecule has 1 heterocycles. The van der Waals surface area contributed by atoms with Crippen molar-refractivity contribution in [1.29, 1.82) is 0 Å². The highest BCUT2D eigenvalue weighted by atomic mass is 16.5. The lowest BCUT2D eigenvalue weighted by Crippen LogP contribution is -2.09. The van der Waals surface area contributed by atoms with Gasteiger partial charge in [0.25, 0.3) is 0 Å². The van der Waals surface area contributed by atoms with Crippen molar-refractivity contribution in [2.75, 3.05) is 25.1 Å². The van der Waals surface area contributed by atoms with Crippen molar-refractivity contribution in [2.24, 2.45) is 0 Å². The Bertz CT molecular complexity index is 451. The molecule has 2 aromatic rings. The number of ether oxygens (including phenoxy) is 1. The van der Waals surface area contributed by atoms with Crippen LogP contribution >= 0.6 is 0 Å². The van der Waals surface area contributed by atoms with Crippen molar-refractivity contribution < 1.29 is 4.74 Å². The van der Waals surface area contributed by atoms with Gasteiger partial charge in [-0.25, -0.2) is 0 Å². The number of hydrogen-bond donors (Lipinski definition) is 1. The van der Waals surface area contributed by atoms with Gasteiger partial charge in [-0.15, -0.1) is 0 Å². The summed E-state index contributed by atoms with van der Waals surface area (Å²) in [4.78, 5) is 4.32. The molecule has 0 saturated heterocycles. The third-order valence-electron chi connectivity index (χ3n) is 2.42. The molecule has 0 amide bonds. The molecule has 16 heavy (non-hydrogen) atoms. The predicted molar refractivity (Wildman–Crippen MR) is 66.7 cm³/mol. The predicted octanol–water partition coefficient (Wildman–Crippen LogP) is 2.68. The van der Waals surface area contributed by atoms with Crippen molar-refractivity contribution in [1.82, 2.24) is 4.98 Å². The van der Waals surface area contributed by atoms with Crippen LogP contribution in [-0.2, 0) is 4.74 Å². The molecule has 0 aliphatic carbocycles. The first-order chi connectivity index (χ1) is 7.92. The first-order valence-corrected chi connectivity index (χ1v) is 5.57. The largest absolute Gasteiger partial charge is 0.382 e. The minimum Gasteiger partial charge on any atom is -0.382 e. The number of para-hydroxylation sites is 1. The van der Waals surface area contributed by atoms with Crippen molar-refractivity contribution >= 4 is 16.6 Å². The Labute approximate surface area is 95.5 Å². The lowest BCUT2D eigenvalue weighted by atomic mass is 10.2. The van der Waals surface area contributed by atoms with E-state index in [2.05, 4.69) is 16.4 Å². The number of nitrogens with zero attached hydrogens (tertiary/aromatic N) is 1.